The molecule has 1 fully saturated rings. The van der Waals surface area contributed by atoms with E-state index in [0.29, 0.717) is 12.8 Å². The van der Waals surface area contributed by atoms with Crippen LogP contribution < -0.4 is 0 Å². The minimum Gasteiger partial charge on any atom is -0.468 e. The summed E-state index contributed by atoms with van der Waals surface area (Å²) in [6, 6.07) is 8.60. The van der Waals surface area contributed by atoms with Crippen molar-refractivity contribution in [3.63, 3.8) is 0 Å². The van der Waals surface area contributed by atoms with Crippen molar-refractivity contribution in [2.75, 3.05) is 26.5 Å². The van der Waals surface area contributed by atoms with E-state index in [2.05, 4.69) is 0 Å². The molecule has 7 heteroatoms. The second-order valence-electron chi connectivity index (χ2n) is 5.25. The van der Waals surface area contributed by atoms with Gasteiger partial charge in [0.1, 0.15) is 6.04 Å². The maximum atomic E-state index is 12.6. The predicted octanol–water partition coefficient (Wildman–Crippen LogP) is 0.821. The van der Waals surface area contributed by atoms with Gasteiger partial charge in [-0.1, -0.05) is 30.3 Å². The van der Waals surface area contributed by atoms with Gasteiger partial charge in [0.25, 0.3) is 0 Å². The third-order valence-electron chi connectivity index (χ3n) is 3.87. The Balaban J connectivity index is 2.10. The van der Waals surface area contributed by atoms with E-state index >= 15 is 0 Å². The van der Waals surface area contributed by atoms with Crippen LogP contribution in [-0.2, 0) is 30.7 Å². The van der Waals surface area contributed by atoms with Gasteiger partial charge in [-0.2, -0.15) is 4.31 Å². The number of carbonyl (C=O) groups is 1. The summed E-state index contributed by atoms with van der Waals surface area (Å²) in [5, 5.41) is 0. The summed E-state index contributed by atoms with van der Waals surface area (Å²) >= 11 is 0. The van der Waals surface area contributed by atoms with Crippen LogP contribution in [0.4, 0.5) is 0 Å². The Kier molecular flexibility index (Phi) is 5.55. The Morgan fingerprint density at radius 3 is 2.55 bits per heavy atom. The topological polar surface area (TPSA) is 72.9 Å². The summed E-state index contributed by atoms with van der Waals surface area (Å²) in [5.74, 6) is -0.580. The van der Waals surface area contributed by atoms with Crippen molar-refractivity contribution in [2.24, 2.45) is 0 Å². The molecule has 0 unspecified atom stereocenters. The first-order valence-corrected chi connectivity index (χ1v) is 8.73. The van der Waals surface area contributed by atoms with Crippen LogP contribution in [0.15, 0.2) is 30.3 Å². The number of sulfonamides is 1. The number of benzene rings is 1. The fraction of sp³-hybridized carbons (Fsp3) is 0.533. The van der Waals surface area contributed by atoms with Crippen molar-refractivity contribution in [1.29, 1.82) is 0 Å². The molecule has 22 heavy (non-hydrogen) atoms. The number of nitrogens with zero attached hydrogens (tertiary/aromatic N) is 1. The van der Waals surface area contributed by atoms with E-state index in [1.165, 1.54) is 18.5 Å². The molecule has 0 radical (unpaired) electrons. The highest BCUT2D eigenvalue weighted by atomic mass is 32.2. The maximum Gasteiger partial charge on any atom is 0.324 e. The van der Waals surface area contributed by atoms with E-state index in [9.17, 15) is 13.2 Å². The van der Waals surface area contributed by atoms with Crippen molar-refractivity contribution in [3.8, 4) is 0 Å². The first-order valence-electron chi connectivity index (χ1n) is 7.12. The van der Waals surface area contributed by atoms with E-state index < -0.39 is 22.0 Å². The molecule has 0 bridgehead atoms. The summed E-state index contributed by atoms with van der Waals surface area (Å²) in [7, 11) is -0.779. The smallest absolute Gasteiger partial charge is 0.324 e. The number of carbonyl (C=O) groups excluding carboxylic acids is 1. The van der Waals surface area contributed by atoms with Gasteiger partial charge >= 0.3 is 5.97 Å². The Bertz CT molecular complexity index is 602. The van der Waals surface area contributed by atoms with Gasteiger partial charge in [0.2, 0.25) is 10.0 Å². The third-order valence-corrected chi connectivity index (χ3v) is 5.71. The minimum absolute atomic E-state index is 0.0407. The standard InChI is InChI=1S/C15H21NO5S/c1-20-13-10-14(15(17)21-2)16(11-13)22(18,19)9-8-12-6-4-3-5-7-12/h3-7,13-14H,8-11H2,1-2H3/t13-,14+/m0/s1. The average molecular weight is 327 g/mol. The summed E-state index contributed by atoms with van der Waals surface area (Å²) in [5.41, 5.74) is 0.947. The number of rotatable bonds is 6. The van der Waals surface area contributed by atoms with Crippen LogP contribution in [0.5, 0.6) is 0 Å². The average Bonchev–Trinajstić information content (AvgIpc) is 2.98. The summed E-state index contributed by atoms with van der Waals surface area (Å²) in [4.78, 5) is 11.8. The van der Waals surface area contributed by atoms with Crippen LogP contribution in [0.3, 0.4) is 0 Å². The van der Waals surface area contributed by atoms with E-state index in [-0.39, 0.29) is 18.4 Å². The van der Waals surface area contributed by atoms with E-state index in [1.54, 1.807) is 0 Å². The molecule has 1 aromatic rings. The Morgan fingerprint density at radius 1 is 1.27 bits per heavy atom. The molecule has 0 saturated carbocycles. The lowest BCUT2D eigenvalue weighted by Gasteiger charge is -2.21. The maximum absolute atomic E-state index is 12.6. The monoisotopic (exact) mass is 327 g/mol. The van der Waals surface area contributed by atoms with Crippen LogP contribution in [0.25, 0.3) is 0 Å². The second-order valence-corrected chi connectivity index (χ2v) is 7.29. The first kappa shape index (κ1) is 16.9. The van der Waals surface area contributed by atoms with Gasteiger partial charge in [-0.3, -0.25) is 4.79 Å². The zero-order valence-corrected chi connectivity index (χ0v) is 13.6. The molecule has 0 spiro atoms. The van der Waals surface area contributed by atoms with E-state index in [1.807, 2.05) is 30.3 Å². The first-order chi connectivity index (χ1) is 10.5. The molecule has 0 aromatic heterocycles. The van der Waals surface area contributed by atoms with Crippen LogP contribution in [-0.4, -0.2) is 57.4 Å². The summed E-state index contributed by atoms with van der Waals surface area (Å²) in [6.07, 6.45) is 0.453. The van der Waals surface area contributed by atoms with Crippen LogP contribution >= 0.6 is 0 Å². The number of hydrogen-bond acceptors (Lipinski definition) is 5. The fourth-order valence-corrected chi connectivity index (χ4v) is 4.29. The molecule has 1 saturated heterocycles. The molecule has 1 aliphatic heterocycles. The largest absolute Gasteiger partial charge is 0.468 e. The van der Waals surface area contributed by atoms with Gasteiger partial charge in [0, 0.05) is 20.1 Å². The highest BCUT2D eigenvalue weighted by Gasteiger charge is 2.43. The highest BCUT2D eigenvalue weighted by Crippen LogP contribution is 2.25. The zero-order valence-electron chi connectivity index (χ0n) is 12.8. The van der Waals surface area contributed by atoms with Gasteiger partial charge in [0.15, 0.2) is 0 Å². The van der Waals surface area contributed by atoms with Crippen LogP contribution in [0.1, 0.15) is 12.0 Å². The molecule has 6 nitrogen and oxygen atoms in total. The molecular weight excluding hydrogens is 306 g/mol. The molecule has 0 N–H and O–H groups in total. The molecular formula is C15H21NO5S. The number of esters is 1. The SMILES string of the molecule is COC(=O)[C@H]1C[C@H](OC)CN1S(=O)(=O)CCc1ccccc1. The predicted molar refractivity (Wildman–Crippen MR) is 81.9 cm³/mol. The van der Waals surface area contributed by atoms with Crippen molar-refractivity contribution in [2.45, 2.75) is 25.0 Å². The quantitative estimate of drug-likeness (QED) is 0.723. The lowest BCUT2D eigenvalue weighted by atomic mass is 10.2. The molecule has 0 aliphatic carbocycles. The minimum atomic E-state index is -3.55. The fourth-order valence-electron chi connectivity index (χ4n) is 2.61. The Labute approximate surface area is 131 Å². The molecule has 2 atom stereocenters. The van der Waals surface area contributed by atoms with Crippen molar-refractivity contribution in [1.82, 2.24) is 4.31 Å². The molecule has 1 aromatic carbocycles. The number of aryl methyl sites for hydroxylation is 1. The Morgan fingerprint density at radius 2 is 1.95 bits per heavy atom. The second kappa shape index (κ2) is 7.21. The number of methoxy groups -OCH3 is 2. The van der Waals surface area contributed by atoms with Gasteiger partial charge in [-0.15, -0.1) is 0 Å². The molecule has 2 rings (SSSR count). The normalized spacial score (nSPS) is 22.6. The third kappa shape index (κ3) is 3.85. The Hall–Kier alpha value is -1.44. The van der Waals surface area contributed by atoms with Crippen molar-refractivity contribution >= 4 is 16.0 Å². The van der Waals surface area contributed by atoms with E-state index in [0.717, 1.165) is 5.56 Å². The molecule has 122 valence electrons. The molecule has 1 aliphatic rings. The van der Waals surface area contributed by atoms with Crippen molar-refractivity contribution < 1.29 is 22.7 Å². The van der Waals surface area contributed by atoms with Gasteiger partial charge in [0.05, 0.1) is 19.0 Å². The lowest BCUT2D eigenvalue weighted by Crippen LogP contribution is -2.42. The number of ether oxygens (including phenoxy) is 2. The lowest BCUT2D eigenvalue weighted by molar-refractivity contribution is -0.144. The highest BCUT2D eigenvalue weighted by molar-refractivity contribution is 7.89. The van der Waals surface area contributed by atoms with Crippen molar-refractivity contribution in [3.05, 3.63) is 35.9 Å². The molecule has 0 amide bonds. The summed E-state index contributed by atoms with van der Waals surface area (Å²) in [6.45, 7) is 0.188. The van der Waals surface area contributed by atoms with Gasteiger partial charge in [-0.25, -0.2) is 8.42 Å². The summed E-state index contributed by atoms with van der Waals surface area (Å²) < 4.78 is 36.3. The van der Waals surface area contributed by atoms with E-state index in [4.69, 9.17) is 9.47 Å². The van der Waals surface area contributed by atoms with Crippen LogP contribution in [0.2, 0.25) is 0 Å². The van der Waals surface area contributed by atoms with Gasteiger partial charge < -0.3 is 9.47 Å². The molecule has 1 heterocycles. The van der Waals surface area contributed by atoms with Crippen LogP contribution in [0, 0.1) is 0 Å². The zero-order chi connectivity index (χ0) is 16.2. The number of hydrogen-bond donors (Lipinski definition) is 0. The van der Waals surface area contributed by atoms with Gasteiger partial charge in [-0.05, 0) is 12.0 Å².